The SMILES string of the molecule is CC1CN(c2cccc(Br)c2C(=O)O)CC(C)(C)O1. The first kappa shape index (κ1) is 14.3. The van der Waals surface area contributed by atoms with E-state index >= 15 is 0 Å². The van der Waals surface area contributed by atoms with Crippen LogP contribution in [0.15, 0.2) is 22.7 Å². The Kier molecular flexibility index (Phi) is 3.87. The van der Waals surface area contributed by atoms with Crippen LogP contribution in [0.25, 0.3) is 0 Å². The average Bonchev–Trinajstić information content (AvgIpc) is 2.25. The van der Waals surface area contributed by atoms with Gasteiger partial charge < -0.3 is 14.7 Å². The van der Waals surface area contributed by atoms with Crippen LogP contribution in [0.4, 0.5) is 5.69 Å². The topological polar surface area (TPSA) is 49.8 Å². The van der Waals surface area contributed by atoms with E-state index in [1.165, 1.54) is 0 Å². The van der Waals surface area contributed by atoms with Crippen molar-refractivity contribution in [2.75, 3.05) is 18.0 Å². The minimum Gasteiger partial charge on any atom is -0.478 e. The van der Waals surface area contributed by atoms with E-state index in [4.69, 9.17) is 4.74 Å². The van der Waals surface area contributed by atoms with Gasteiger partial charge in [0.25, 0.3) is 0 Å². The second kappa shape index (κ2) is 5.13. The van der Waals surface area contributed by atoms with E-state index in [1.54, 1.807) is 6.07 Å². The molecule has 0 aliphatic carbocycles. The van der Waals surface area contributed by atoms with Crippen molar-refractivity contribution in [1.82, 2.24) is 0 Å². The number of halogens is 1. The molecule has 1 aromatic rings. The summed E-state index contributed by atoms with van der Waals surface area (Å²) in [7, 11) is 0. The van der Waals surface area contributed by atoms with Gasteiger partial charge in [0.2, 0.25) is 0 Å². The number of rotatable bonds is 2. The number of nitrogens with zero attached hydrogens (tertiary/aromatic N) is 1. The maximum Gasteiger partial charge on any atom is 0.338 e. The maximum absolute atomic E-state index is 11.4. The summed E-state index contributed by atoms with van der Waals surface area (Å²) < 4.78 is 6.46. The number of aromatic carboxylic acids is 1. The Hall–Kier alpha value is -1.07. The predicted octanol–water partition coefficient (Wildman–Crippen LogP) is 3.15. The maximum atomic E-state index is 11.4. The molecule has 1 N–H and O–H groups in total. The van der Waals surface area contributed by atoms with Crippen molar-refractivity contribution in [2.24, 2.45) is 0 Å². The minimum atomic E-state index is -0.917. The molecule has 0 aromatic heterocycles. The van der Waals surface area contributed by atoms with E-state index in [0.29, 0.717) is 23.1 Å². The smallest absolute Gasteiger partial charge is 0.338 e. The summed E-state index contributed by atoms with van der Waals surface area (Å²) in [6.07, 6.45) is 0.0735. The molecule has 1 aliphatic rings. The average molecular weight is 328 g/mol. The lowest BCUT2D eigenvalue weighted by molar-refractivity contribution is -0.0750. The summed E-state index contributed by atoms with van der Waals surface area (Å²) in [6.45, 7) is 7.42. The number of anilines is 1. The van der Waals surface area contributed by atoms with Gasteiger partial charge in [0.05, 0.1) is 23.0 Å². The van der Waals surface area contributed by atoms with Gasteiger partial charge in [-0.15, -0.1) is 0 Å². The highest BCUT2D eigenvalue weighted by Crippen LogP contribution is 2.32. The van der Waals surface area contributed by atoms with Crippen LogP contribution >= 0.6 is 15.9 Å². The monoisotopic (exact) mass is 327 g/mol. The van der Waals surface area contributed by atoms with Crippen LogP contribution in [0.3, 0.4) is 0 Å². The molecule has 1 fully saturated rings. The Bertz CT molecular complexity index is 501. The molecule has 19 heavy (non-hydrogen) atoms. The minimum absolute atomic E-state index is 0.0735. The predicted molar refractivity (Wildman–Crippen MR) is 77.9 cm³/mol. The second-order valence-corrected chi connectivity index (χ2v) is 6.36. The third kappa shape index (κ3) is 3.09. The molecule has 104 valence electrons. The highest BCUT2D eigenvalue weighted by molar-refractivity contribution is 9.10. The van der Waals surface area contributed by atoms with Crippen molar-refractivity contribution in [2.45, 2.75) is 32.5 Å². The number of carbonyl (C=O) groups is 1. The molecule has 0 bridgehead atoms. The fraction of sp³-hybridized carbons (Fsp3) is 0.500. The van der Waals surface area contributed by atoms with Crippen molar-refractivity contribution in [3.63, 3.8) is 0 Å². The molecule has 1 aliphatic heterocycles. The molecule has 1 atom stereocenters. The van der Waals surface area contributed by atoms with Crippen LogP contribution in [-0.4, -0.2) is 35.9 Å². The Balaban J connectivity index is 2.41. The molecule has 1 saturated heterocycles. The van der Waals surface area contributed by atoms with E-state index in [2.05, 4.69) is 20.8 Å². The summed E-state index contributed by atoms with van der Waals surface area (Å²) in [5.74, 6) is -0.917. The van der Waals surface area contributed by atoms with Gasteiger partial charge in [-0.05, 0) is 48.8 Å². The molecule has 4 nitrogen and oxygen atoms in total. The lowest BCUT2D eigenvalue weighted by Gasteiger charge is -2.43. The summed E-state index contributed by atoms with van der Waals surface area (Å²) in [5, 5.41) is 9.39. The Labute approximate surface area is 121 Å². The van der Waals surface area contributed by atoms with Gasteiger partial charge in [0.15, 0.2) is 0 Å². The molecule has 0 spiro atoms. The number of carboxylic acids is 1. The molecule has 1 unspecified atom stereocenters. The number of hydrogen-bond acceptors (Lipinski definition) is 3. The first-order valence-corrected chi connectivity index (χ1v) is 7.04. The largest absolute Gasteiger partial charge is 0.478 e. The van der Waals surface area contributed by atoms with Gasteiger partial charge >= 0.3 is 5.97 Å². The number of hydrogen-bond donors (Lipinski definition) is 1. The normalized spacial score (nSPS) is 22.3. The molecule has 0 saturated carbocycles. The number of benzene rings is 1. The van der Waals surface area contributed by atoms with Crippen molar-refractivity contribution in [3.05, 3.63) is 28.2 Å². The Morgan fingerprint density at radius 3 is 2.79 bits per heavy atom. The van der Waals surface area contributed by atoms with E-state index in [-0.39, 0.29) is 11.7 Å². The van der Waals surface area contributed by atoms with Gasteiger partial charge in [-0.1, -0.05) is 6.07 Å². The van der Waals surface area contributed by atoms with E-state index in [1.807, 2.05) is 32.9 Å². The van der Waals surface area contributed by atoms with Gasteiger partial charge in [-0.3, -0.25) is 0 Å². The molecule has 0 radical (unpaired) electrons. The zero-order valence-corrected chi connectivity index (χ0v) is 12.9. The zero-order valence-electron chi connectivity index (χ0n) is 11.3. The van der Waals surface area contributed by atoms with Crippen LogP contribution in [-0.2, 0) is 4.74 Å². The van der Waals surface area contributed by atoms with Gasteiger partial charge in [-0.2, -0.15) is 0 Å². The molecular weight excluding hydrogens is 310 g/mol. The van der Waals surface area contributed by atoms with E-state index in [9.17, 15) is 9.90 Å². The second-order valence-electron chi connectivity index (χ2n) is 5.51. The summed E-state index contributed by atoms with van der Waals surface area (Å²) >= 11 is 3.32. The van der Waals surface area contributed by atoms with E-state index in [0.717, 1.165) is 5.69 Å². The van der Waals surface area contributed by atoms with Crippen LogP contribution in [0.5, 0.6) is 0 Å². The third-order valence-electron chi connectivity index (χ3n) is 3.12. The van der Waals surface area contributed by atoms with Gasteiger partial charge in [-0.25, -0.2) is 4.79 Å². The number of ether oxygens (including phenoxy) is 1. The van der Waals surface area contributed by atoms with Crippen molar-refractivity contribution in [3.8, 4) is 0 Å². The highest BCUT2D eigenvalue weighted by Gasteiger charge is 2.33. The molecule has 1 aromatic carbocycles. The molecular formula is C14H18BrNO3. The lowest BCUT2D eigenvalue weighted by Crippen LogP contribution is -2.52. The van der Waals surface area contributed by atoms with Gasteiger partial charge in [0, 0.05) is 17.6 Å². The fourth-order valence-electron chi connectivity index (χ4n) is 2.63. The van der Waals surface area contributed by atoms with Crippen LogP contribution in [0.2, 0.25) is 0 Å². The Morgan fingerprint density at radius 1 is 1.53 bits per heavy atom. The van der Waals surface area contributed by atoms with Crippen LogP contribution < -0.4 is 4.90 Å². The molecule has 2 rings (SSSR count). The van der Waals surface area contributed by atoms with Gasteiger partial charge in [0.1, 0.15) is 0 Å². The first-order chi connectivity index (χ1) is 8.80. The zero-order chi connectivity index (χ0) is 14.2. The van der Waals surface area contributed by atoms with Crippen molar-refractivity contribution in [1.29, 1.82) is 0 Å². The number of carboxylic acid groups (broad SMARTS) is 1. The molecule has 1 heterocycles. The Morgan fingerprint density at radius 2 is 2.21 bits per heavy atom. The van der Waals surface area contributed by atoms with Crippen molar-refractivity contribution < 1.29 is 14.6 Å². The summed E-state index contributed by atoms with van der Waals surface area (Å²) in [6, 6.07) is 5.46. The molecule has 5 heteroatoms. The van der Waals surface area contributed by atoms with Crippen LogP contribution in [0.1, 0.15) is 31.1 Å². The first-order valence-electron chi connectivity index (χ1n) is 6.25. The quantitative estimate of drug-likeness (QED) is 0.906. The standard InChI is InChI=1S/C14H18BrNO3/c1-9-7-16(8-14(2,3)19-9)11-6-4-5-10(15)12(11)13(17)18/h4-6,9H,7-8H2,1-3H3,(H,17,18). The summed E-state index contributed by atoms with van der Waals surface area (Å²) in [5.41, 5.74) is 0.771. The fourth-order valence-corrected chi connectivity index (χ4v) is 3.15. The third-order valence-corrected chi connectivity index (χ3v) is 3.78. The lowest BCUT2D eigenvalue weighted by atomic mass is 10.0. The van der Waals surface area contributed by atoms with E-state index < -0.39 is 5.97 Å². The number of morpholine rings is 1. The molecule has 0 amide bonds. The summed E-state index contributed by atoms with van der Waals surface area (Å²) in [4.78, 5) is 13.5. The van der Waals surface area contributed by atoms with Crippen molar-refractivity contribution >= 4 is 27.6 Å². The highest BCUT2D eigenvalue weighted by atomic mass is 79.9. The van der Waals surface area contributed by atoms with Crippen LogP contribution in [0, 0.1) is 0 Å².